The second kappa shape index (κ2) is 5.19. The minimum atomic E-state index is -0.140. The number of furan rings is 1. The average Bonchev–Trinajstić information content (AvgIpc) is 3.03. The lowest BCUT2D eigenvalue weighted by molar-refractivity contribution is 0.0949. The second-order valence-electron chi connectivity index (χ2n) is 4.50. The van der Waals surface area contributed by atoms with Crippen LogP contribution < -0.4 is 10.6 Å². The smallest absolute Gasteiger partial charge is 0.256 e. The van der Waals surface area contributed by atoms with Crippen molar-refractivity contribution in [2.24, 2.45) is 0 Å². The SMILES string of the molecule is O=C(NCc1ccc2c(c1)CNC2)c1ccoc1Br. The molecule has 0 fully saturated rings. The molecule has 1 aliphatic rings. The molecular formula is C14H13BrN2O2. The van der Waals surface area contributed by atoms with Crippen LogP contribution in [0.25, 0.3) is 0 Å². The van der Waals surface area contributed by atoms with Crippen LogP contribution in [0.2, 0.25) is 0 Å². The maximum Gasteiger partial charge on any atom is 0.256 e. The molecule has 98 valence electrons. The highest BCUT2D eigenvalue weighted by molar-refractivity contribution is 9.10. The van der Waals surface area contributed by atoms with E-state index >= 15 is 0 Å². The molecule has 0 radical (unpaired) electrons. The van der Waals surface area contributed by atoms with Crippen LogP contribution in [0, 0.1) is 0 Å². The van der Waals surface area contributed by atoms with Gasteiger partial charge in [-0.3, -0.25) is 4.79 Å². The van der Waals surface area contributed by atoms with E-state index in [4.69, 9.17) is 4.42 Å². The molecule has 0 aliphatic carbocycles. The topological polar surface area (TPSA) is 54.3 Å². The fourth-order valence-electron chi connectivity index (χ4n) is 2.19. The predicted octanol–water partition coefficient (Wildman–Crippen LogP) is 2.58. The number of benzene rings is 1. The van der Waals surface area contributed by atoms with Gasteiger partial charge < -0.3 is 15.1 Å². The van der Waals surface area contributed by atoms with Crippen LogP contribution in [0.5, 0.6) is 0 Å². The van der Waals surface area contributed by atoms with Crippen LogP contribution in [-0.2, 0) is 19.6 Å². The molecule has 0 atom stereocenters. The summed E-state index contributed by atoms with van der Waals surface area (Å²) in [5.41, 5.74) is 4.28. The number of hydrogen-bond donors (Lipinski definition) is 2. The van der Waals surface area contributed by atoms with E-state index in [1.807, 2.05) is 0 Å². The Bertz CT molecular complexity index is 622. The molecule has 1 aromatic heterocycles. The zero-order chi connectivity index (χ0) is 13.2. The van der Waals surface area contributed by atoms with Crippen LogP contribution >= 0.6 is 15.9 Å². The van der Waals surface area contributed by atoms with Crippen molar-refractivity contribution in [3.8, 4) is 0 Å². The summed E-state index contributed by atoms with van der Waals surface area (Å²) >= 11 is 3.20. The molecule has 5 heteroatoms. The standard InChI is InChI=1S/C14H13BrN2O2/c15-13-12(3-4-19-13)14(18)17-6-9-1-2-10-7-16-8-11(10)5-9/h1-5,16H,6-8H2,(H,17,18). The summed E-state index contributed by atoms with van der Waals surface area (Å²) in [5, 5.41) is 6.19. The number of halogens is 1. The van der Waals surface area contributed by atoms with Crippen LogP contribution in [0.15, 0.2) is 39.6 Å². The van der Waals surface area contributed by atoms with Gasteiger partial charge in [0.05, 0.1) is 11.8 Å². The van der Waals surface area contributed by atoms with E-state index in [1.54, 1.807) is 6.07 Å². The van der Waals surface area contributed by atoms with E-state index < -0.39 is 0 Å². The lowest BCUT2D eigenvalue weighted by atomic mass is 10.1. The molecule has 19 heavy (non-hydrogen) atoms. The number of carbonyl (C=O) groups excluding carboxylic acids is 1. The number of amides is 1. The van der Waals surface area contributed by atoms with Crippen molar-refractivity contribution in [2.45, 2.75) is 19.6 Å². The van der Waals surface area contributed by atoms with Gasteiger partial charge in [0.1, 0.15) is 0 Å². The van der Waals surface area contributed by atoms with Crippen molar-refractivity contribution in [1.82, 2.24) is 10.6 Å². The molecule has 4 nitrogen and oxygen atoms in total. The lowest BCUT2D eigenvalue weighted by Gasteiger charge is -2.06. The molecule has 0 spiro atoms. The predicted molar refractivity (Wildman–Crippen MR) is 74.6 cm³/mol. The van der Waals surface area contributed by atoms with Gasteiger partial charge in [-0.15, -0.1) is 0 Å². The van der Waals surface area contributed by atoms with E-state index in [1.165, 1.54) is 17.4 Å². The largest absolute Gasteiger partial charge is 0.457 e. The van der Waals surface area contributed by atoms with Gasteiger partial charge in [-0.25, -0.2) is 0 Å². The summed E-state index contributed by atoms with van der Waals surface area (Å²) in [4.78, 5) is 11.9. The molecule has 1 aromatic carbocycles. The third-order valence-corrected chi connectivity index (χ3v) is 3.83. The number of rotatable bonds is 3. The minimum absolute atomic E-state index is 0.140. The Morgan fingerprint density at radius 3 is 2.95 bits per heavy atom. The average molecular weight is 321 g/mol. The Morgan fingerprint density at radius 2 is 2.16 bits per heavy atom. The van der Waals surface area contributed by atoms with Crippen molar-refractivity contribution in [3.05, 3.63) is 57.5 Å². The maximum atomic E-state index is 11.9. The molecule has 1 amide bonds. The van der Waals surface area contributed by atoms with E-state index in [0.29, 0.717) is 16.8 Å². The van der Waals surface area contributed by atoms with Gasteiger partial charge in [0.15, 0.2) is 4.67 Å². The highest BCUT2D eigenvalue weighted by Gasteiger charge is 2.13. The zero-order valence-electron chi connectivity index (χ0n) is 10.2. The summed E-state index contributed by atoms with van der Waals surface area (Å²) in [6.07, 6.45) is 1.49. The van der Waals surface area contributed by atoms with Crippen LogP contribution in [-0.4, -0.2) is 5.91 Å². The van der Waals surface area contributed by atoms with Crippen LogP contribution in [0.4, 0.5) is 0 Å². The zero-order valence-corrected chi connectivity index (χ0v) is 11.8. The Hall–Kier alpha value is -1.59. The first-order chi connectivity index (χ1) is 9.24. The van der Waals surface area contributed by atoms with Crippen LogP contribution in [0.1, 0.15) is 27.0 Å². The fourth-order valence-corrected chi connectivity index (χ4v) is 2.61. The third-order valence-electron chi connectivity index (χ3n) is 3.22. The monoisotopic (exact) mass is 320 g/mol. The molecule has 2 heterocycles. The summed E-state index contributed by atoms with van der Waals surface area (Å²) in [5.74, 6) is -0.140. The molecule has 3 rings (SSSR count). The number of hydrogen-bond acceptors (Lipinski definition) is 3. The van der Waals surface area contributed by atoms with Crippen molar-refractivity contribution in [1.29, 1.82) is 0 Å². The highest BCUT2D eigenvalue weighted by atomic mass is 79.9. The molecule has 2 aromatic rings. The van der Waals surface area contributed by atoms with E-state index in [-0.39, 0.29) is 5.91 Å². The molecule has 0 bridgehead atoms. The van der Waals surface area contributed by atoms with Gasteiger partial charge in [-0.05, 0) is 38.7 Å². The molecular weight excluding hydrogens is 308 g/mol. The lowest BCUT2D eigenvalue weighted by Crippen LogP contribution is -2.22. The summed E-state index contributed by atoms with van der Waals surface area (Å²) in [6, 6.07) is 7.95. The van der Waals surface area contributed by atoms with Gasteiger partial charge in [0.2, 0.25) is 0 Å². The molecule has 0 saturated carbocycles. The molecule has 0 unspecified atom stereocenters. The van der Waals surface area contributed by atoms with Crippen molar-refractivity contribution in [3.63, 3.8) is 0 Å². The van der Waals surface area contributed by atoms with Crippen molar-refractivity contribution >= 4 is 21.8 Å². The normalized spacial score (nSPS) is 13.3. The van der Waals surface area contributed by atoms with E-state index in [9.17, 15) is 4.79 Å². The quantitative estimate of drug-likeness (QED) is 0.914. The van der Waals surface area contributed by atoms with Gasteiger partial charge in [-0.2, -0.15) is 0 Å². The number of fused-ring (bicyclic) bond motifs is 1. The van der Waals surface area contributed by atoms with Crippen LogP contribution in [0.3, 0.4) is 0 Å². The van der Waals surface area contributed by atoms with E-state index in [2.05, 4.69) is 44.8 Å². The first-order valence-corrected chi connectivity index (χ1v) is 6.86. The van der Waals surface area contributed by atoms with Crippen molar-refractivity contribution < 1.29 is 9.21 Å². The van der Waals surface area contributed by atoms with Gasteiger partial charge >= 0.3 is 0 Å². The second-order valence-corrected chi connectivity index (χ2v) is 5.22. The summed E-state index contributed by atoms with van der Waals surface area (Å²) in [6.45, 7) is 2.36. The van der Waals surface area contributed by atoms with Crippen molar-refractivity contribution in [2.75, 3.05) is 0 Å². The molecule has 0 saturated heterocycles. The van der Waals surface area contributed by atoms with Gasteiger partial charge in [0.25, 0.3) is 5.91 Å². The van der Waals surface area contributed by atoms with Gasteiger partial charge in [-0.1, -0.05) is 18.2 Å². The summed E-state index contributed by atoms with van der Waals surface area (Å²) in [7, 11) is 0. The Kier molecular flexibility index (Phi) is 3.40. The molecule has 2 N–H and O–H groups in total. The number of carbonyl (C=O) groups is 1. The maximum absolute atomic E-state index is 11.9. The summed E-state index contributed by atoms with van der Waals surface area (Å²) < 4.78 is 5.51. The minimum Gasteiger partial charge on any atom is -0.457 e. The van der Waals surface area contributed by atoms with Gasteiger partial charge in [0, 0.05) is 19.6 Å². The van der Waals surface area contributed by atoms with E-state index in [0.717, 1.165) is 18.7 Å². The number of nitrogens with one attached hydrogen (secondary N) is 2. The Morgan fingerprint density at radius 1 is 1.32 bits per heavy atom. The first kappa shape index (κ1) is 12.4. The Balaban J connectivity index is 1.66. The Labute approximate surface area is 119 Å². The first-order valence-electron chi connectivity index (χ1n) is 6.06. The molecule has 1 aliphatic heterocycles. The highest BCUT2D eigenvalue weighted by Crippen LogP contribution is 2.19. The third kappa shape index (κ3) is 2.57. The fraction of sp³-hybridized carbons (Fsp3) is 0.214.